The fourth-order valence-electron chi connectivity index (χ4n) is 2.56. The largest absolute Gasteiger partial charge is 0.493 e. The van der Waals surface area contributed by atoms with Crippen LogP contribution in [0.4, 0.5) is 5.95 Å². The van der Waals surface area contributed by atoms with Gasteiger partial charge in [-0.25, -0.2) is 9.79 Å². The van der Waals surface area contributed by atoms with Crippen LogP contribution in [-0.4, -0.2) is 54.3 Å². The molecule has 0 atom stereocenters. The number of hydrogen-bond donors (Lipinski definition) is 3. The predicted octanol–water partition coefficient (Wildman–Crippen LogP) is -1.19. The summed E-state index contributed by atoms with van der Waals surface area (Å²) in [6, 6.07) is 2.34. The Morgan fingerprint density at radius 1 is 1.48 bits per heavy atom. The van der Waals surface area contributed by atoms with E-state index < -0.39 is 5.69 Å². The molecule has 0 unspecified atom stereocenters. The first-order valence-electron chi connectivity index (χ1n) is 8.46. The normalized spacial score (nSPS) is 15.4. The zero-order valence-electron chi connectivity index (χ0n) is 14.5. The van der Waals surface area contributed by atoms with Crippen LogP contribution in [0.5, 0.6) is 5.88 Å². The summed E-state index contributed by atoms with van der Waals surface area (Å²) in [7, 11) is 1.80. The van der Waals surface area contributed by atoms with Gasteiger partial charge in [0.15, 0.2) is 5.65 Å². The third-order valence-electron chi connectivity index (χ3n) is 4.15. The molecule has 1 saturated carbocycles. The van der Waals surface area contributed by atoms with Crippen LogP contribution < -0.4 is 21.4 Å². The molecule has 0 saturated heterocycles. The Balaban J connectivity index is 1.90. The van der Waals surface area contributed by atoms with E-state index >= 15 is 0 Å². The van der Waals surface area contributed by atoms with Gasteiger partial charge in [0.2, 0.25) is 11.8 Å². The summed E-state index contributed by atoms with van der Waals surface area (Å²) in [4.78, 5) is 31.5. The first-order valence-corrected chi connectivity index (χ1v) is 8.46. The highest BCUT2D eigenvalue weighted by Gasteiger charge is 2.21. The maximum atomic E-state index is 11.3. The van der Waals surface area contributed by atoms with Crippen molar-refractivity contribution < 1.29 is 5.11 Å². The van der Waals surface area contributed by atoms with Crippen molar-refractivity contribution in [2.24, 2.45) is 4.99 Å². The molecule has 0 bridgehead atoms. The lowest BCUT2D eigenvalue weighted by molar-refractivity contribution is 0.454. The minimum absolute atomic E-state index is 0.230. The van der Waals surface area contributed by atoms with Gasteiger partial charge in [-0.3, -0.25) is 4.98 Å². The number of H-pyrrole nitrogens is 2. The Morgan fingerprint density at radius 2 is 2.30 bits per heavy atom. The SMILES string of the molecule is CN(CCC#N)c1nc(=NC2CC2)n2ncc(=Cc3[nH]c(=O)[nH]c3O)c2n1. The topological polar surface area (TPSA) is 151 Å². The van der Waals surface area contributed by atoms with Gasteiger partial charge in [-0.2, -0.15) is 24.8 Å². The van der Waals surface area contributed by atoms with E-state index in [4.69, 9.17) is 5.26 Å². The number of nitriles is 1. The summed E-state index contributed by atoms with van der Waals surface area (Å²) >= 11 is 0. The zero-order valence-corrected chi connectivity index (χ0v) is 14.5. The maximum absolute atomic E-state index is 11.3. The number of aromatic nitrogens is 6. The summed E-state index contributed by atoms with van der Waals surface area (Å²) in [6.07, 6.45) is 5.52. The summed E-state index contributed by atoms with van der Waals surface area (Å²) in [5.41, 5.74) is 0.650. The van der Waals surface area contributed by atoms with Crippen molar-refractivity contribution >= 4 is 17.7 Å². The molecule has 3 aromatic rings. The average molecular weight is 367 g/mol. The van der Waals surface area contributed by atoms with Gasteiger partial charge in [0.25, 0.3) is 5.62 Å². The number of hydrogen-bond acceptors (Lipinski definition) is 8. The molecule has 3 N–H and O–H groups in total. The summed E-state index contributed by atoms with van der Waals surface area (Å²) in [6.45, 7) is 0.481. The number of nitrogens with zero attached hydrogens (tertiary/aromatic N) is 7. The lowest BCUT2D eigenvalue weighted by atomic mass is 10.3. The van der Waals surface area contributed by atoms with Crippen molar-refractivity contribution in [2.75, 3.05) is 18.5 Å². The molecule has 0 amide bonds. The first kappa shape index (κ1) is 16.8. The maximum Gasteiger partial charge on any atom is 0.326 e. The predicted molar refractivity (Wildman–Crippen MR) is 94.7 cm³/mol. The van der Waals surface area contributed by atoms with Gasteiger partial charge in [-0.05, 0) is 18.9 Å². The highest BCUT2D eigenvalue weighted by molar-refractivity contribution is 5.57. The molecular weight excluding hydrogens is 350 g/mol. The number of aromatic amines is 2. The van der Waals surface area contributed by atoms with E-state index in [1.807, 2.05) is 0 Å². The van der Waals surface area contributed by atoms with Crippen molar-refractivity contribution in [1.29, 1.82) is 5.26 Å². The van der Waals surface area contributed by atoms with Gasteiger partial charge in [0, 0.05) is 18.8 Å². The number of rotatable bonds is 5. The van der Waals surface area contributed by atoms with Gasteiger partial charge in [0.1, 0.15) is 5.69 Å². The van der Waals surface area contributed by atoms with E-state index in [0.717, 1.165) is 12.8 Å². The van der Waals surface area contributed by atoms with E-state index in [9.17, 15) is 9.90 Å². The van der Waals surface area contributed by atoms with Crippen molar-refractivity contribution in [3.05, 3.63) is 33.2 Å². The third kappa shape index (κ3) is 3.37. The van der Waals surface area contributed by atoms with Gasteiger partial charge in [-0.15, -0.1) is 0 Å². The summed E-state index contributed by atoms with van der Waals surface area (Å²) in [5.74, 6) is 0.168. The molecule has 1 aliphatic rings. The molecule has 0 radical (unpaired) electrons. The Morgan fingerprint density at radius 3 is 2.96 bits per heavy atom. The Bertz CT molecular complexity index is 1210. The van der Waals surface area contributed by atoms with Crippen LogP contribution in [0.25, 0.3) is 11.7 Å². The minimum Gasteiger partial charge on any atom is -0.493 e. The quantitative estimate of drug-likeness (QED) is 0.512. The molecule has 1 aliphatic carbocycles. The number of imidazole rings is 1. The van der Waals surface area contributed by atoms with Crippen LogP contribution in [0.3, 0.4) is 0 Å². The van der Waals surface area contributed by atoms with Crippen molar-refractivity contribution in [3.63, 3.8) is 0 Å². The molecule has 138 valence electrons. The molecule has 1 fully saturated rings. The second kappa shape index (κ2) is 6.56. The van der Waals surface area contributed by atoms with E-state index in [1.54, 1.807) is 24.2 Å². The molecular formula is C16H17N9O2. The van der Waals surface area contributed by atoms with Gasteiger partial charge < -0.3 is 15.0 Å². The van der Waals surface area contributed by atoms with Gasteiger partial charge in [-0.1, -0.05) is 0 Å². The van der Waals surface area contributed by atoms with Gasteiger partial charge >= 0.3 is 5.69 Å². The highest BCUT2D eigenvalue weighted by atomic mass is 16.3. The Hall–Kier alpha value is -3.68. The summed E-state index contributed by atoms with van der Waals surface area (Å²) in [5, 5.41) is 23.5. The molecule has 4 rings (SSSR count). The number of anilines is 1. The molecule has 11 nitrogen and oxygen atoms in total. The Labute approximate surface area is 152 Å². The van der Waals surface area contributed by atoms with E-state index in [2.05, 4.69) is 36.1 Å². The standard InChI is InChI=1S/C16H17N9O2/c1-24(6-2-5-17)14-21-12-9(7-11-13(26)22-16(27)20-11)8-18-25(12)15(23-14)19-10-3-4-10/h7-8,10,26H,2-4,6H2,1H3,(H2,20,22,27). The summed E-state index contributed by atoms with van der Waals surface area (Å²) < 4.78 is 1.54. The smallest absolute Gasteiger partial charge is 0.326 e. The van der Waals surface area contributed by atoms with E-state index in [-0.39, 0.29) is 17.6 Å². The first-order chi connectivity index (χ1) is 13.0. The number of aromatic hydroxyl groups is 1. The van der Waals surface area contributed by atoms with Crippen molar-refractivity contribution in [1.82, 2.24) is 29.5 Å². The zero-order chi connectivity index (χ0) is 19.0. The van der Waals surface area contributed by atoms with Crippen LogP contribution in [0, 0.1) is 11.3 Å². The average Bonchev–Trinajstić information content (AvgIpc) is 3.28. The highest BCUT2D eigenvalue weighted by Crippen LogP contribution is 2.22. The fourth-order valence-corrected chi connectivity index (χ4v) is 2.56. The van der Waals surface area contributed by atoms with Crippen LogP contribution in [0.1, 0.15) is 25.0 Å². The second-order valence-corrected chi connectivity index (χ2v) is 6.33. The lowest BCUT2D eigenvalue weighted by Gasteiger charge is -2.14. The molecule has 3 aromatic heterocycles. The fraction of sp³-hybridized carbons (Fsp3) is 0.375. The second-order valence-electron chi connectivity index (χ2n) is 6.33. The molecule has 0 aliphatic heterocycles. The van der Waals surface area contributed by atoms with Crippen LogP contribution in [-0.2, 0) is 0 Å². The van der Waals surface area contributed by atoms with Crippen LogP contribution in [0.15, 0.2) is 16.0 Å². The van der Waals surface area contributed by atoms with E-state index in [0.29, 0.717) is 35.4 Å². The van der Waals surface area contributed by atoms with E-state index in [1.165, 1.54) is 4.52 Å². The van der Waals surface area contributed by atoms with Crippen LogP contribution >= 0.6 is 0 Å². The Kier molecular flexibility index (Phi) is 4.08. The van der Waals surface area contributed by atoms with Crippen molar-refractivity contribution in [2.45, 2.75) is 25.3 Å². The van der Waals surface area contributed by atoms with Gasteiger partial charge in [0.05, 0.1) is 24.7 Å². The molecule has 3 heterocycles. The molecule has 11 heteroatoms. The monoisotopic (exact) mass is 367 g/mol. The van der Waals surface area contributed by atoms with Crippen molar-refractivity contribution in [3.8, 4) is 11.9 Å². The van der Waals surface area contributed by atoms with Crippen LogP contribution in [0.2, 0.25) is 0 Å². The third-order valence-corrected chi connectivity index (χ3v) is 4.15. The molecule has 0 aromatic carbocycles. The minimum atomic E-state index is -0.508. The number of nitrogens with one attached hydrogen (secondary N) is 2. The molecule has 27 heavy (non-hydrogen) atoms. The lowest BCUT2D eigenvalue weighted by Crippen LogP contribution is -2.29. The number of fused-ring (bicyclic) bond motifs is 1. The molecule has 0 spiro atoms.